The Morgan fingerprint density at radius 3 is 2.71 bits per heavy atom. The van der Waals surface area contributed by atoms with Crippen LogP contribution in [-0.2, 0) is 14.6 Å². The van der Waals surface area contributed by atoms with Gasteiger partial charge in [-0.3, -0.25) is 4.90 Å². The van der Waals surface area contributed by atoms with E-state index >= 15 is 0 Å². The molecule has 0 unspecified atom stereocenters. The molecule has 0 amide bonds. The van der Waals surface area contributed by atoms with E-state index in [0.717, 1.165) is 26.0 Å². The highest BCUT2D eigenvalue weighted by Crippen LogP contribution is 2.28. The van der Waals surface area contributed by atoms with Crippen LogP contribution in [0.5, 0.6) is 0 Å². The fourth-order valence-electron chi connectivity index (χ4n) is 3.44. The summed E-state index contributed by atoms with van der Waals surface area (Å²) in [5.41, 5.74) is 0. The fraction of sp³-hybridized carbons (Fsp3) is 0.625. The number of hydrogen-bond donors (Lipinski definition) is 0. The molecular weight excluding hydrogens is 286 g/mol. The highest BCUT2D eigenvalue weighted by molar-refractivity contribution is 7.91. The first kappa shape index (κ1) is 15.0. The number of benzene rings is 1. The number of nitrogens with zero attached hydrogens (tertiary/aromatic N) is 1. The van der Waals surface area contributed by atoms with Crippen molar-refractivity contribution in [3.8, 4) is 0 Å². The van der Waals surface area contributed by atoms with Crippen LogP contribution >= 0.6 is 0 Å². The first-order valence-electron chi connectivity index (χ1n) is 7.80. The van der Waals surface area contributed by atoms with Gasteiger partial charge in [0.1, 0.15) is 0 Å². The molecule has 1 aromatic rings. The van der Waals surface area contributed by atoms with Gasteiger partial charge in [0.2, 0.25) is 0 Å². The largest absolute Gasteiger partial charge is 0.375 e. The lowest BCUT2D eigenvalue weighted by atomic mass is 9.90. The van der Waals surface area contributed by atoms with Gasteiger partial charge in [-0.15, -0.1) is 0 Å². The molecule has 1 saturated heterocycles. The summed E-state index contributed by atoms with van der Waals surface area (Å²) in [4.78, 5) is 2.76. The first-order valence-corrected chi connectivity index (χ1v) is 9.45. The smallest absolute Gasteiger partial charge is 0.179 e. The van der Waals surface area contributed by atoms with E-state index in [4.69, 9.17) is 4.74 Å². The van der Waals surface area contributed by atoms with Crippen LogP contribution in [0.2, 0.25) is 0 Å². The predicted octanol–water partition coefficient (Wildman–Crippen LogP) is 2.10. The highest BCUT2D eigenvalue weighted by atomic mass is 32.2. The Labute approximate surface area is 127 Å². The maximum absolute atomic E-state index is 12.4. The van der Waals surface area contributed by atoms with Crippen LogP contribution < -0.4 is 0 Å². The third-order valence-corrected chi connectivity index (χ3v) is 6.31. The van der Waals surface area contributed by atoms with Crippen molar-refractivity contribution in [2.45, 2.75) is 42.7 Å². The van der Waals surface area contributed by atoms with E-state index < -0.39 is 9.84 Å². The van der Waals surface area contributed by atoms with Crippen molar-refractivity contribution in [3.05, 3.63) is 30.3 Å². The lowest BCUT2D eigenvalue weighted by molar-refractivity contribution is -0.0859. The van der Waals surface area contributed by atoms with Gasteiger partial charge in [0.15, 0.2) is 9.84 Å². The number of hydrogen-bond acceptors (Lipinski definition) is 4. The van der Waals surface area contributed by atoms with Gasteiger partial charge in [0, 0.05) is 19.1 Å². The fourth-order valence-corrected chi connectivity index (χ4v) is 4.72. The van der Waals surface area contributed by atoms with E-state index in [1.807, 2.05) is 6.07 Å². The molecule has 1 aliphatic carbocycles. The molecule has 0 N–H and O–H groups in total. The summed E-state index contributed by atoms with van der Waals surface area (Å²) in [5.74, 6) is 0.195. The van der Waals surface area contributed by atoms with Crippen LogP contribution in [0.25, 0.3) is 0 Å². The van der Waals surface area contributed by atoms with Crippen molar-refractivity contribution in [1.29, 1.82) is 0 Å². The van der Waals surface area contributed by atoms with Crippen molar-refractivity contribution in [2.24, 2.45) is 0 Å². The topological polar surface area (TPSA) is 46.6 Å². The molecule has 0 spiro atoms. The van der Waals surface area contributed by atoms with Crippen LogP contribution in [-0.4, -0.2) is 50.9 Å². The van der Waals surface area contributed by atoms with Gasteiger partial charge in [-0.2, -0.15) is 0 Å². The number of fused-ring (bicyclic) bond motifs is 1. The molecule has 1 aromatic carbocycles. The molecule has 2 aliphatic rings. The van der Waals surface area contributed by atoms with Crippen molar-refractivity contribution in [2.75, 3.05) is 25.4 Å². The molecule has 116 valence electrons. The van der Waals surface area contributed by atoms with E-state index in [9.17, 15) is 8.42 Å². The maximum atomic E-state index is 12.4. The normalized spacial score (nSPS) is 27.2. The Bertz CT molecular complexity index is 556. The van der Waals surface area contributed by atoms with Crippen LogP contribution in [0.1, 0.15) is 25.7 Å². The third-order valence-electron chi connectivity index (χ3n) is 4.60. The molecular formula is C16H23NO3S. The Morgan fingerprint density at radius 2 is 1.90 bits per heavy atom. The van der Waals surface area contributed by atoms with Gasteiger partial charge in [0.25, 0.3) is 0 Å². The summed E-state index contributed by atoms with van der Waals surface area (Å²) in [6.07, 6.45) is 5.03. The number of rotatable bonds is 4. The van der Waals surface area contributed by atoms with E-state index in [-0.39, 0.29) is 5.75 Å². The van der Waals surface area contributed by atoms with Gasteiger partial charge >= 0.3 is 0 Å². The SMILES string of the molecule is O=S(=O)(CCN1CCO[C@H]2CCCC[C@H]21)c1ccccc1. The van der Waals surface area contributed by atoms with Crippen LogP contribution in [0.15, 0.2) is 35.2 Å². The van der Waals surface area contributed by atoms with Crippen molar-refractivity contribution in [3.63, 3.8) is 0 Å². The second-order valence-corrected chi connectivity index (χ2v) is 8.04. The number of morpholine rings is 1. The molecule has 0 bridgehead atoms. The standard InChI is InChI=1S/C16H23NO3S/c18-21(19,14-6-2-1-3-7-14)13-11-17-10-12-20-16-9-5-4-8-15(16)17/h1-3,6-7,15-16H,4-5,8-13H2/t15-,16+/m1/s1. The zero-order valence-electron chi connectivity index (χ0n) is 12.3. The summed E-state index contributed by atoms with van der Waals surface area (Å²) >= 11 is 0. The molecule has 1 saturated carbocycles. The van der Waals surface area contributed by atoms with Crippen LogP contribution in [0.4, 0.5) is 0 Å². The molecule has 5 heteroatoms. The van der Waals surface area contributed by atoms with Crippen LogP contribution in [0, 0.1) is 0 Å². The molecule has 21 heavy (non-hydrogen) atoms. The lowest BCUT2D eigenvalue weighted by Gasteiger charge is -2.43. The van der Waals surface area contributed by atoms with Crippen molar-refractivity contribution < 1.29 is 13.2 Å². The molecule has 1 aliphatic heterocycles. The molecule has 4 nitrogen and oxygen atoms in total. The second kappa shape index (κ2) is 6.46. The lowest BCUT2D eigenvalue weighted by Crippen LogP contribution is -2.53. The van der Waals surface area contributed by atoms with Gasteiger partial charge in [-0.1, -0.05) is 31.0 Å². The highest BCUT2D eigenvalue weighted by Gasteiger charge is 2.34. The minimum Gasteiger partial charge on any atom is -0.375 e. The van der Waals surface area contributed by atoms with E-state index in [0.29, 0.717) is 23.6 Å². The summed E-state index contributed by atoms with van der Waals surface area (Å²) in [7, 11) is -3.18. The van der Waals surface area contributed by atoms with Gasteiger partial charge in [-0.05, 0) is 25.0 Å². The van der Waals surface area contributed by atoms with Gasteiger partial charge in [-0.25, -0.2) is 8.42 Å². The van der Waals surface area contributed by atoms with Gasteiger partial charge < -0.3 is 4.74 Å². The summed E-state index contributed by atoms with van der Waals surface area (Å²) in [6, 6.07) is 9.17. The Hall–Kier alpha value is -0.910. The predicted molar refractivity (Wildman–Crippen MR) is 82.1 cm³/mol. The zero-order valence-corrected chi connectivity index (χ0v) is 13.1. The average Bonchev–Trinajstić information content (AvgIpc) is 2.54. The summed E-state index contributed by atoms with van der Waals surface area (Å²) in [5, 5.41) is 0. The monoisotopic (exact) mass is 309 g/mol. The molecule has 0 aromatic heterocycles. The van der Waals surface area contributed by atoms with E-state index in [1.165, 1.54) is 12.8 Å². The molecule has 1 heterocycles. The van der Waals surface area contributed by atoms with E-state index in [2.05, 4.69) is 4.90 Å². The summed E-state index contributed by atoms with van der Waals surface area (Å²) < 4.78 is 30.6. The average molecular weight is 309 g/mol. The summed E-state index contributed by atoms with van der Waals surface area (Å²) in [6.45, 7) is 2.19. The molecule has 2 atom stereocenters. The second-order valence-electron chi connectivity index (χ2n) is 5.93. The third kappa shape index (κ3) is 3.47. The first-order chi connectivity index (χ1) is 10.2. The Morgan fingerprint density at radius 1 is 1.14 bits per heavy atom. The maximum Gasteiger partial charge on any atom is 0.179 e. The van der Waals surface area contributed by atoms with Crippen molar-refractivity contribution >= 4 is 9.84 Å². The minimum atomic E-state index is -3.18. The molecule has 2 fully saturated rings. The quantitative estimate of drug-likeness (QED) is 0.854. The number of ether oxygens (including phenoxy) is 1. The zero-order chi connectivity index (χ0) is 14.7. The van der Waals surface area contributed by atoms with Crippen molar-refractivity contribution in [1.82, 2.24) is 4.90 Å². The number of sulfone groups is 1. The molecule has 0 radical (unpaired) electrons. The molecule has 3 rings (SSSR count). The Kier molecular flexibility index (Phi) is 4.62. The van der Waals surface area contributed by atoms with Gasteiger partial charge in [0.05, 0.1) is 23.4 Å². The van der Waals surface area contributed by atoms with Crippen LogP contribution in [0.3, 0.4) is 0 Å². The van der Waals surface area contributed by atoms with E-state index in [1.54, 1.807) is 24.3 Å². The minimum absolute atomic E-state index is 0.195. The Balaban J connectivity index is 1.64.